The summed E-state index contributed by atoms with van der Waals surface area (Å²) in [6.07, 6.45) is 5.53. The summed E-state index contributed by atoms with van der Waals surface area (Å²) in [4.78, 5) is 4.43. The zero-order chi connectivity index (χ0) is 15.1. The summed E-state index contributed by atoms with van der Waals surface area (Å²) >= 11 is 0. The molecule has 2 heterocycles. The molecule has 0 saturated carbocycles. The zero-order valence-electron chi connectivity index (χ0n) is 13.0. The van der Waals surface area contributed by atoms with Crippen LogP contribution >= 0.6 is 0 Å². The number of rotatable bonds is 8. The van der Waals surface area contributed by atoms with Gasteiger partial charge in [-0.2, -0.15) is 5.10 Å². The van der Waals surface area contributed by atoms with Gasteiger partial charge in [-0.25, -0.2) is 0 Å². The maximum atomic E-state index is 5.67. The predicted molar refractivity (Wildman–Crippen MR) is 83.0 cm³/mol. The number of pyridine rings is 1. The molecule has 21 heavy (non-hydrogen) atoms. The van der Waals surface area contributed by atoms with E-state index in [2.05, 4.69) is 35.3 Å². The van der Waals surface area contributed by atoms with Crippen molar-refractivity contribution in [2.75, 3.05) is 6.54 Å². The first-order valence-corrected chi connectivity index (χ1v) is 7.47. The van der Waals surface area contributed by atoms with E-state index in [9.17, 15) is 0 Å². The quantitative estimate of drug-likeness (QED) is 0.811. The summed E-state index contributed by atoms with van der Waals surface area (Å²) in [5, 5.41) is 7.58. The Labute approximate surface area is 126 Å². The fourth-order valence-corrected chi connectivity index (χ4v) is 1.90. The van der Waals surface area contributed by atoms with Crippen LogP contribution in [0.15, 0.2) is 30.7 Å². The van der Waals surface area contributed by atoms with Gasteiger partial charge in [-0.05, 0) is 31.0 Å². The fraction of sp³-hybridized carbons (Fsp3) is 0.500. The Morgan fingerprint density at radius 1 is 1.29 bits per heavy atom. The molecule has 2 aromatic rings. The van der Waals surface area contributed by atoms with Gasteiger partial charge in [0.15, 0.2) is 5.75 Å². The third kappa shape index (κ3) is 5.19. The number of ether oxygens (including phenoxy) is 1. The van der Waals surface area contributed by atoms with Crippen LogP contribution in [0, 0.1) is 5.92 Å². The van der Waals surface area contributed by atoms with Gasteiger partial charge >= 0.3 is 0 Å². The maximum absolute atomic E-state index is 5.67. The van der Waals surface area contributed by atoms with Gasteiger partial charge in [-0.3, -0.25) is 9.67 Å². The van der Waals surface area contributed by atoms with Gasteiger partial charge in [0.25, 0.3) is 0 Å². The van der Waals surface area contributed by atoms with Crippen LogP contribution in [-0.2, 0) is 19.7 Å². The lowest BCUT2D eigenvalue weighted by atomic mass is 10.2. The topological polar surface area (TPSA) is 52.0 Å². The predicted octanol–water partition coefficient (Wildman–Crippen LogP) is 2.62. The highest BCUT2D eigenvalue weighted by atomic mass is 16.5. The third-order valence-corrected chi connectivity index (χ3v) is 3.09. The molecule has 114 valence electrons. The first-order chi connectivity index (χ1) is 10.2. The summed E-state index contributed by atoms with van der Waals surface area (Å²) in [5.74, 6) is 1.44. The number of aromatic nitrogens is 3. The van der Waals surface area contributed by atoms with Gasteiger partial charge in [0.1, 0.15) is 6.61 Å². The molecule has 1 N–H and O–H groups in total. The first kappa shape index (κ1) is 15.5. The van der Waals surface area contributed by atoms with E-state index < -0.39 is 0 Å². The number of nitrogens with zero attached hydrogens (tertiary/aromatic N) is 3. The average molecular weight is 288 g/mol. The van der Waals surface area contributed by atoms with Crippen LogP contribution in [0.3, 0.4) is 0 Å². The second kappa shape index (κ2) is 7.78. The number of nitrogens with one attached hydrogen (secondary N) is 1. The van der Waals surface area contributed by atoms with Gasteiger partial charge in [-0.15, -0.1) is 0 Å². The zero-order valence-corrected chi connectivity index (χ0v) is 13.0. The molecule has 0 aliphatic carbocycles. The lowest BCUT2D eigenvalue weighted by Crippen LogP contribution is -2.19. The Hall–Kier alpha value is -1.88. The van der Waals surface area contributed by atoms with E-state index >= 15 is 0 Å². The molecule has 0 bridgehead atoms. The summed E-state index contributed by atoms with van der Waals surface area (Å²) in [6, 6.07) is 4.10. The minimum atomic E-state index is 0.467. The van der Waals surface area contributed by atoms with E-state index in [1.54, 1.807) is 6.20 Å². The Morgan fingerprint density at radius 3 is 2.76 bits per heavy atom. The normalized spacial score (nSPS) is 11.0. The maximum Gasteiger partial charge on any atom is 0.157 e. The van der Waals surface area contributed by atoms with Crippen molar-refractivity contribution in [2.24, 2.45) is 5.92 Å². The molecule has 0 atom stereocenters. The van der Waals surface area contributed by atoms with Crippen molar-refractivity contribution in [3.8, 4) is 5.75 Å². The van der Waals surface area contributed by atoms with Crippen LogP contribution in [-0.4, -0.2) is 21.3 Å². The molecule has 0 unspecified atom stereocenters. The van der Waals surface area contributed by atoms with Crippen LogP contribution in [0.1, 0.15) is 32.0 Å². The molecule has 0 spiro atoms. The smallest absolute Gasteiger partial charge is 0.157 e. The Balaban J connectivity index is 1.79. The van der Waals surface area contributed by atoms with Gasteiger partial charge in [-0.1, -0.05) is 19.9 Å². The SMILES string of the molecule is CCn1cc(OCc2ccc(CNCC(C)C)cn2)cn1. The van der Waals surface area contributed by atoms with Crippen LogP contribution in [0.4, 0.5) is 0 Å². The monoisotopic (exact) mass is 288 g/mol. The lowest BCUT2D eigenvalue weighted by molar-refractivity contribution is 0.301. The van der Waals surface area contributed by atoms with E-state index in [0.717, 1.165) is 31.1 Å². The second-order valence-corrected chi connectivity index (χ2v) is 5.50. The number of hydrogen-bond donors (Lipinski definition) is 1. The standard InChI is InChI=1S/C16H24N4O/c1-4-20-11-16(10-19-20)21-12-15-6-5-14(9-18-15)8-17-7-13(2)3/h5-6,9-11,13,17H,4,7-8,12H2,1-3H3. The van der Waals surface area contributed by atoms with Gasteiger partial charge < -0.3 is 10.1 Å². The molecule has 2 aromatic heterocycles. The minimum Gasteiger partial charge on any atom is -0.484 e. The Morgan fingerprint density at radius 2 is 2.14 bits per heavy atom. The molecule has 0 aliphatic rings. The third-order valence-electron chi connectivity index (χ3n) is 3.09. The molecule has 0 radical (unpaired) electrons. The highest BCUT2D eigenvalue weighted by Crippen LogP contribution is 2.10. The summed E-state index contributed by atoms with van der Waals surface area (Å²) in [6.45, 7) is 9.64. The highest BCUT2D eigenvalue weighted by molar-refractivity contribution is 5.16. The Bertz CT molecular complexity index is 533. The molecule has 5 heteroatoms. The van der Waals surface area contributed by atoms with Crippen LogP contribution in [0.25, 0.3) is 0 Å². The summed E-state index contributed by atoms with van der Waals surface area (Å²) in [7, 11) is 0. The van der Waals surface area contributed by atoms with Crippen LogP contribution < -0.4 is 10.1 Å². The van der Waals surface area contributed by atoms with Crippen molar-refractivity contribution < 1.29 is 4.74 Å². The molecule has 0 amide bonds. The largest absolute Gasteiger partial charge is 0.484 e. The van der Waals surface area contributed by atoms with Gasteiger partial charge in [0.2, 0.25) is 0 Å². The molecule has 0 aromatic carbocycles. The Kier molecular flexibility index (Phi) is 5.75. The minimum absolute atomic E-state index is 0.467. The first-order valence-electron chi connectivity index (χ1n) is 7.47. The summed E-state index contributed by atoms with van der Waals surface area (Å²) in [5.41, 5.74) is 2.12. The molecular formula is C16H24N4O. The van der Waals surface area contributed by atoms with E-state index in [4.69, 9.17) is 4.74 Å². The van der Waals surface area contributed by atoms with Gasteiger partial charge in [0, 0.05) is 19.3 Å². The van der Waals surface area contributed by atoms with Crippen molar-refractivity contribution in [1.82, 2.24) is 20.1 Å². The van der Waals surface area contributed by atoms with Gasteiger partial charge in [0.05, 0.1) is 18.1 Å². The summed E-state index contributed by atoms with van der Waals surface area (Å²) < 4.78 is 7.51. The number of aryl methyl sites for hydroxylation is 1. The van der Waals surface area contributed by atoms with E-state index in [-0.39, 0.29) is 0 Å². The second-order valence-electron chi connectivity index (χ2n) is 5.50. The molecular weight excluding hydrogens is 264 g/mol. The number of hydrogen-bond acceptors (Lipinski definition) is 4. The molecule has 0 saturated heterocycles. The van der Waals surface area contributed by atoms with Crippen molar-refractivity contribution in [1.29, 1.82) is 0 Å². The molecule has 2 rings (SSSR count). The lowest BCUT2D eigenvalue weighted by Gasteiger charge is -2.08. The molecule has 0 aliphatic heterocycles. The van der Waals surface area contributed by atoms with Crippen molar-refractivity contribution in [3.63, 3.8) is 0 Å². The molecule has 0 fully saturated rings. The fourth-order valence-electron chi connectivity index (χ4n) is 1.90. The molecule has 5 nitrogen and oxygen atoms in total. The van der Waals surface area contributed by atoms with Crippen LogP contribution in [0.5, 0.6) is 5.75 Å². The highest BCUT2D eigenvalue weighted by Gasteiger charge is 2.01. The average Bonchev–Trinajstić information content (AvgIpc) is 2.94. The van der Waals surface area contributed by atoms with Crippen molar-refractivity contribution in [3.05, 3.63) is 42.0 Å². The van der Waals surface area contributed by atoms with E-state index in [1.807, 2.05) is 30.1 Å². The van der Waals surface area contributed by atoms with Crippen molar-refractivity contribution in [2.45, 2.75) is 40.5 Å². The van der Waals surface area contributed by atoms with Crippen LogP contribution in [0.2, 0.25) is 0 Å². The van der Waals surface area contributed by atoms with E-state index in [1.165, 1.54) is 5.56 Å². The van der Waals surface area contributed by atoms with Crippen molar-refractivity contribution >= 4 is 0 Å². The van der Waals surface area contributed by atoms with E-state index in [0.29, 0.717) is 12.5 Å².